The number of carbonyl (C=O) groups is 3. The number of aliphatic hydroxyl groups excluding tert-OH is 1. The van der Waals surface area contributed by atoms with Gasteiger partial charge in [0.1, 0.15) is 45.6 Å². The van der Waals surface area contributed by atoms with E-state index in [1.807, 2.05) is 54.4 Å². The van der Waals surface area contributed by atoms with E-state index in [9.17, 15) is 38.4 Å². The second-order valence-electron chi connectivity index (χ2n) is 26.6. The molecule has 19 heteroatoms. The average molecular weight is 1500 g/mol. The first-order valence-corrected chi connectivity index (χ1v) is 41.2. The molecule has 592 valence electrons. The lowest BCUT2D eigenvalue weighted by Crippen LogP contribution is -2.37. The zero-order chi connectivity index (χ0) is 77.7. The van der Waals surface area contributed by atoms with E-state index in [4.69, 9.17) is 27.8 Å². The highest BCUT2D eigenvalue weighted by molar-refractivity contribution is 7.46. The third kappa shape index (κ3) is 85.0. The minimum atomic E-state index is -4.67. The molecule has 0 radical (unpaired) electrons. The predicted molar refractivity (Wildman–Crippen MR) is 433 cm³/mol. The minimum Gasteiger partial charge on any atom is -0.756 e. The van der Waals surface area contributed by atoms with Crippen LogP contribution >= 0.6 is 15.6 Å². The summed E-state index contributed by atoms with van der Waals surface area (Å²) in [5.74, 6) is -1.44. The van der Waals surface area contributed by atoms with E-state index in [0.717, 1.165) is 141 Å². The van der Waals surface area contributed by atoms with Crippen molar-refractivity contribution >= 4 is 33.6 Å². The molecule has 4 atom stereocenters. The van der Waals surface area contributed by atoms with Crippen molar-refractivity contribution < 1.29 is 79.7 Å². The fourth-order valence-electron chi connectivity index (χ4n) is 8.39. The number of unbranched alkanes of at least 4 members (excludes halogenated alkanes) is 4. The zero-order valence-corrected chi connectivity index (χ0v) is 67.6. The minimum absolute atomic E-state index is 0.0199. The van der Waals surface area contributed by atoms with Crippen LogP contribution < -0.4 is 9.79 Å². The summed E-state index contributed by atoms with van der Waals surface area (Å²) in [6.45, 7) is 5.57. The molecule has 0 bridgehead atoms. The molecule has 0 rings (SSSR count). The van der Waals surface area contributed by atoms with Crippen molar-refractivity contribution in [2.24, 2.45) is 0 Å². The first kappa shape index (κ1) is 101. The number of hydrogen-bond donors (Lipinski definition) is 1. The summed E-state index contributed by atoms with van der Waals surface area (Å²) >= 11 is 0. The molecule has 0 aromatic rings. The van der Waals surface area contributed by atoms with E-state index in [1.54, 1.807) is 0 Å². The monoisotopic (exact) mass is 1500 g/mol. The maximum atomic E-state index is 12.7. The quantitative estimate of drug-likeness (QED) is 0.0150. The van der Waals surface area contributed by atoms with E-state index < -0.39 is 59.0 Å². The molecule has 0 aliphatic rings. The summed E-state index contributed by atoms with van der Waals surface area (Å²) in [5.41, 5.74) is 0. The topological polar surface area (TPSA) is 216 Å². The molecule has 0 aromatic carbocycles. The smallest absolute Gasteiger partial charge is 0.306 e. The number of nitrogens with zero attached hydrogens (tertiary/aromatic N) is 2. The number of phosphoric ester groups is 2. The molecule has 0 fully saturated rings. The molecular weight excluding hydrogens is 1360 g/mol. The van der Waals surface area contributed by atoms with Crippen LogP contribution in [0.5, 0.6) is 0 Å². The van der Waals surface area contributed by atoms with Gasteiger partial charge in [0, 0.05) is 19.3 Å². The van der Waals surface area contributed by atoms with Gasteiger partial charge in [-0.3, -0.25) is 23.5 Å². The van der Waals surface area contributed by atoms with Crippen LogP contribution in [0.3, 0.4) is 0 Å². The van der Waals surface area contributed by atoms with Gasteiger partial charge >= 0.3 is 17.9 Å². The molecule has 0 heterocycles. The Morgan fingerprint density at radius 3 is 0.867 bits per heavy atom. The normalized spacial score (nSPS) is 15.0. The third-order valence-electron chi connectivity index (χ3n) is 14.3. The lowest BCUT2D eigenvalue weighted by Gasteiger charge is -2.28. The Kier molecular flexibility index (Phi) is 70.5. The molecule has 105 heavy (non-hydrogen) atoms. The van der Waals surface area contributed by atoms with E-state index in [-0.39, 0.29) is 45.7 Å². The van der Waals surface area contributed by atoms with Crippen molar-refractivity contribution in [1.29, 1.82) is 0 Å². The third-order valence-corrected chi connectivity index (χ3v) is 16.3. The van der Waals surface area contributed by atoms with Crippen molar-refractivity contribution in [2.45, 2.75) is 213 Å². The van der Waals surface area contributed by atoms with Gasteiger partial charge in [-0.2, -0.15) is 0 Å². The number of ether oxygens (including phenoxy) is 3. The van der Waals surface area contributed by atoms with Gasteiger partial charge in [0.25, 0.3) is 15.6 Å². The number of quaternary nitrogens is 2. The Bertz CT molecular complexity index is 2830. The molecule has 4 unspecified atom stereocenters. The number of likely N-dealkylation sites (N-methyl/N-ethyl adjacent to an activating group) is 2. The van der Waals surface area contributed by atoms with E-state index in [1.165, 1.54) is 0 Å². The number of esters is 3. The number of carbonyl (C=O) groups excluding carboxylic acids is 3. The Hall–Kier alpha value is -6.17. The number of aliphatic hydroxyl groups is 1. The van der Waals surface area contributed by atoms with Gasteiger partial charge in [-0.05, 0) is 161 Å². The number of hydrogen-bond acceptors (Lipinski definition) is 15. The van der Waals surface area contributed by atoms with Crippen LogP contribution in [0.2, 0.25) is 0 Å². The molecule has 0 saturated heterocycles. The molecule has 17 nitrogen and oxygen atoms in total. The van der Waals surface area contributed by atoms with Gasteiger partial charge in [0.15, 0.2) is 6.10 Å². The highest BCUT2D eigenvalue weighted by Crippen LogP contribution is 2.39. The van der Waals surface area contributed by atoms with E-state index in [2.05, 4.69) is 232 Å². The fraction of sp³-hybridized carbons (Fsp3) is 0.547. The van der Waals surface area contributed by atoms with Crippen LogP contribution in [0.4, 0.5) is 0 Å². The highest BCUT2D eigenvalue weighted by Gasteiger charge is 2.22. The molecule has 0 spiro atoms. The molecular formula is C86H138N2O15P2. The molecule has 0 aliphatic carbocycles. The fourth-order valence-corrected chi connectivity index (χ4v) is 9.85. The average Bonchev–Trinajstić information content (AvgIpc) is 0.915. The van der Waals surface area contributed by atoms with Gasteiger partial charge in [0.2, 0.25) is 0 Å². The molecule has 0 aromatic heterocycles. The molecule has 0 saturated carbocycles. The summed E-state index contributed by atoms with van der Waals surface area (Å²) in [6.07, 6.45) is 98.0. The summed E-state index contributed by atoms with van der Waals surface area (Å²) in [7, 11) is 2.27. The van der Waals surface area contributed by atoms with Gasteiger partial charge in [-0.25, -0.2) is 0 Å². The molecule has 1 N–H and O–H groups in total. The van der Waals surface area contributed by atoms with Gasteiger partial charge in [0.05, 0.1) is 55.5 Å². The van der Waals surface area contributed by atoms with Crippen molar-refractivity contribution in [3.8, 4) is 0 Å². The van der Waals surface area contributed by atoms with Crippen molar-refractivity contribution in [2.75, 3.05) is 95.0 Å². The predicted octanol–water partition coefficient (Wildman–Crippen LogP) is 19.7. The summed E-state index contributed by atoms with van der Waals surface area (Å²) in [5, 5.41) is 9.82. The lowest BCUT2D eigenvalue weighted by molar-refractivity contribution is -0.870. The van der Waals surface area contributed by atoms with Crippen LogP contribution in [0, 0.1) is 0 Å². The van der Waals surface area contributed by atoms with Crippen molar-refractivity contribution in [1.82, 2.24) is 0 Å². The second kappa shape index (κ2) is 73.3. The Labute approximate surface area is 636 Å². The Balaban J connectivity index is 0. The standard InChI is InChI=1S/C54H84NO8P.C32H54NO7P/c1-6-8-10-12-14-16-18-20-22-24-26-27-29-30-32-34-36-38-40-42-44-46-53(56)60-50-52(51-62-64(58,59)61-49-48-55(3,4)5)63-54(57)47-45-43-41-39-37-35-33-31-28-25-23-21-19-17-15-13-11-9-7-2;1-5-6-7-8-9-10-11-12-13-14-15-16-17-18-19-20-21-22-23-24-25-26-32(35)38-29-31(34)30-40-41(36,37)39-28-27-33(2,3)4/h8-11,14-17,20-23,26-28,30-32,35-38,41,43,52H,6-7,12-13,18-19,24-25,29,33-34,39-40,42,44-51H2,1-5H3;6-7,9-10,12-13,15-16,18-19,21-22,31,34H,5,8,11,14,17,20,23-30H2,1-4H3/b10-8-,11-9-,16-14-,17-15-,22-20-,23-21-,27-26-,31-28-,32-30-,37-35-,38-36-,43-41-;7-6-,10-9-,13-12-,16-15-,19-18-,22-21-. The molecule has 0 aliphatic heterocycles. The highest BCUT2D eigenvalue weighted by atomic mass is 31.2. The zero-order valence-electron chi connectivity index (χ0n) is 65.8. The number of rotatable bonds is 65. The van der Waals surface area contributed by atoms with Crippen LogP contribution in [-0.2, 0) is 55.8 Å². The lowest BCUT2D eigenvalue weighted by atomic mass is 10.2. The van der Waals surface area contributed by atoms with Crippen LogP contribution in [0.15, 0.2) is 219 Å². The molecule has 0 amide bonds. The summed E-state index contributed by atoms with van der Waals surface area (Å²) < 4.78 is 60.5. The van der Waals surface area contributed by atoms with E-state index >= 15 is 0 Å². The SMILES string of the molecule is CC/C=C\C/C=C\C/C=C\C/C=C\C/C=C\C/C=C\CCCCC(=O)OCC(COP(=O)([O-])OCC[N+](C)(C)C)OC(=O)CC/C=C\C/C=C\C/C=C\C/C=C\C/C=C\C/C=C\CC.CC/C=C\C/C=C\C/C=C\C/C=C\C/C=C\C/C=C\CCCCC(=O)OCC(O)COP(=O)([O-])OCC[N+](C)(C)C. The Morgan fingerprint density at radius 1 is 0.324 bits per heavy atom. The summed E-state index contributed by atoms with van der Waals surface area (Å²) in [4.78, 5) is 61.1. The van der Waals surface area contributed by atoms with E-state index in [0.29, 0.717) is 41.3 Å². The second-order valence-corrected chi connectivity index (χ2v) is 29.4. The Morgan fingerprint density at radius 2 is 0.581 bits per heavy atom. The maximum Gasteiger partial charge on any atom is 0.306 e. The summed E-state index contributed by atoms with van der Waals surface area (Å²) in [6, 6.07) is 0. The first-order valence-electron chi connectivity index (χ1n) is 38.2. The first-order chi connectivity index (χ1) is 50.5. The van der Waals surface area contributed by atoms with Crippen molar-refractivity contribution in [3.63, 3.8) is 0 Å². The van der Waals surface area contributed by atoms with Gasteiger partial charge in [-0.15, -0.1) is 0 Å². The van der Waals surface area contributed by atoms with Gasteiger partial charge in [-0.1, -0.05) is 240 Å². The number of allylic oxidation sites excluding steroid dienone is 36. The number of phosphoric acid groups is 2. The van der Waals surface area contributed by atoms with Crippen LogP contribution in [-0.4, -0.2) is 139 Å². The van der Waals surface area contributed by atoms with Crippen LogP contribution in [0.1, 0.15) is 201 Å². The van der Waals surface area contributed by atoms with Crippen LogP contribution in [0.25, 0.3) is 0 Å². The largest absolute Gasteiger partial charge is 0.756 e. The van der Waals surface area contributed by atoms with Crippen molar-refractivity contribution in [3.05, 3.63) is 219 Å². The van der Waals surface area contributed by atoms with Gasteiger partial charge < -0.3 is 56.2 Å². The maximum absolute atomic E-state index is 12.7.